The Morgan fingerprint density at radius 2 is 1.86 bits per heavy atom. The van der Waals surface area contributed by atoms with E-state index in [-0.39, 0.29) is 6.79 Å². The van der Waals surface area contributed by atoms with Crippen molar-refractivity contribution in [3.05, 3.63) is 78.1 Å². The Morgan fingerprint density at radius 3 is 2.71 bits per heavy atom. The van der Waals surface area contributed by atoms with Gasteiger partial charge in [0.15, 0.2) is 11.5 Å². The van der Waals surface area contributed by atoms with E-state index in [1.165, 1.54) is 6.08 Å². The molecule has 4 rings (SSSR count). The van der Waals surface area contributed by atoms with Crippen LogP contribution < -0.4 is 20.3 Å². The van der Waals surface area contributed by atoms with Crippen molar-refractivity contribution < 1.29 is 19.1 Å². The predicted molar refractivity (Wildman–Crippen MR) is 101 cm³/mol. The predicted octanol–water partition coefficient (Wildman–Crippen LogP) is 2.08. The standard InChI is InChI=1S/C20H16N4O4/c25-19(9-6-14-11-21-24(12-14)16-4-2-1-3-5-16)22-23-20(26)15-7-8-17-18(10-15)28-13-27-17/h1-12H,13H2,(H,22,25)(H,23,26)/b9-6+. The molecule has 1 aromatic heterocycles. The van der Waals surface area contributed by atoms with Crippen molar-refractivity contribution in [1.82, 2.24) is 20.6 Å². The molecule has 0 aliphatic carbocycles. The number of carbonyl (C=O) groups excluding carboxylic acids is 2. The van der Waals surface area contributed by atoms with E-state index < -0.39 is 11.8 Å². The summed E-state index contributed by atoms with van der Waals surface area (Å²) >= 11 is 0. The summed E-state index contributed by atoms with van der Waals surface area (Å²) in [6.45, 7) is 0.128. The number of benzene rings is 2. The van der Waals surface area contributed by atoms with Crippen molar-refractivity contribution in [3.8, 4) is 17.2 Å². The van der Waals surface area contributed by atoms with Crippen molar-refractivity contribution in [3.63, 3.8) is 0 Å². The van der Waals surface area contributed by atoms with Crippen LogP contribution in [0.1, 0.15) is 15.9 Å². The zero-order valence-corrected chi connectivity index (χ0v) is 14.7. The highest BCUT2D eigenvalue weighted by Crippen LogP contribution is 2.32. The lowest BCUT2D eigenvalue weighted by molar-refractivity contribution is -0.117. The second-order valence-corrected chi connectivity index (χ2v) is 5.90. The van der Waals surface area contributed by atoms with Crippen LogP contribution in [0.3, 0.4) is 0 Å². The van der Waals surface area contributed by atoms with Crippen LogP contribution in [0.5, 0.6) is 11.5 Å². The number of carbonyl (C=O) groups is 2. The summed E-state index contributed by atoms with van der Waals surface area (Å²) in [5.74, 6) is 0.146. The van der Waals surface area contributed by atoms with Crippen molar-refractivity contribution in [2.75, 3.05) is 6.79 Å². The van der Waals surface area contributed by atoms with Gasteiger partial charge >= 0.3 is 0 Å². The fourth-order valence-corrected chi connectivity index (χ4v) is 2.59. The van der Waals surface area contributed by atoms with Crippen LogP contribution in [0.25, 0.3) is 11.8 Å². The maximum Gasteiger partial charge on any atom is 0.269 e. The maximum atomic E-state index is 12.1. The fourth-order valence-electron chi connectivity index (χ4n) is 2.59. The van der Waals surface area contributed by atoms with Crippen molar-refractivity contribution >= 4 is 17.9 Å². The van der Waals surface area contributed by atoms with Crippen LogP contribution in [0.15, 0.2) is 67.0 Å². The number of nitrogens with one attached hydrogen (secondary N) is 2. The number of fused-ring (bicyclic) bond motifs is 1. The molecule has 1 aliphatic heterocycles. The minimum Gasteiger partial charge on any atom is -0.454 e. The van der Waals surface area contributed by atoms with E-state index in [1.54, 1.807) is 41.4 Å². The molecule has 8 heteroatoms. The first-order valence-electron chi connectivity index (χ1n) is 8.47. The molecule has 0 radical (unpaired) electrons. The van der Waals surface area contributed by atoms with Gasteiger partial charge in [0.1, 0.15) is 0 Å². The summed E-state index contributed by atoms with van der Waals surface area (Å²) in [7, 11) is 0. The number of ether oxygens (including phenoxy) is 2. The molecule has 140 valence electrons. The van der Waals surface area contributed by atoms with E-state index in [2.05, 4.69) is 16.0 Å². The van der Waals surface area contributed by atoms with Crippen LogP contribution >= 0.6 is 0 Å². The lowest BCUT2D eigenvalue weighted by atomic mass is 10.2. The SMILES string of the molecule is O=C(/C=C/c1cnn(-c2ccccc2)c1)NNC(=O)c1ccc2c(c1)OCO2. The van der Waals surface area contributed by atoms with Gasteiger partial charge in [-0.15, -0.1) is 0 Å². The number of nitrogens with zero attached hydrogens (tertiary/aromatic N) is 2. The normalized spacial score (nSPS) is 12.1. The molecule has 1 aliphatic rings. The van der Waals surface area contributed by atoms with Gasteiger partial charge in [-0.05, 0) is 36.4 Å². The minimum atomic E-state index is -0.471. The molecule has 0 saturated heterocycles. The first-order chi connectivity index (χ1) is 13.7. The molecular formula is C20H16N4O4. The van der Waals surface area contributed by atoms with E-state index in [4.69, 9.17) is 9.47 Å². The summed E-state index contributed by atoms with van der Waals surface area (Å²) in [5, 5.41) is 4.25. The number of hydrogen-bond donors (Lipinski definition) is 2. The molecule has 0 atom stereocenters. The Balaban J connectivity index is 1.32. The Kier molecular flexibility index (Phi) is 4.75. The monoisotopic (exact) mass is 376 g/mol. The van der Waals surface area contributed by atoms with Crippen LogP contribution in [-0.4, -0.2) is 28.4 Å². The Hall–Kier alpha value is -4.07. The molecular weight excluding hydrogens is 360 g/mol. The Labute approximate surface area is 160 Å². The molecule has 2 aromatic carbocycles. The highest BCUT2D eigenvalue weighted by Gasteiger charge is 2.16. The van der Waals surface area contributed by atoms with E-state index in [0.717, 1.165) is 11.3 Å². The third kappa shape index (κ3) is 3.85. The zero-order valence-electron chi connectivity index (χ0n) is 14.7. The summed E-state index contributed by atoms with van der Waals surface area (Å²) in [6, 6.07) is 14.4. The molecule has 0 bridgehead atoms. The number of hydrogen-bond acceptors (Lipinski definition) is 5. The largest absolute Gasteiger partial charge is 0.454 e. The highest BCUT2D eigenvalue weighted by atomic mass is 16.7. The molecule has 0 saturated carbocycles. The van der Waals surface area contributed by atoms with Crippen molar-refractivity contribution in [2.45, 2.75) is 0 Å². The number of amides is 2. The zero-order chi connectivity index (χ0) is 19.3. The van der Waals surface area contributed by atoms with Gasteiger partial charge in [-0.2, -0.15) is 5.10 Å². The molecule has 2 N–H and O–H groups in total. The maximum absolute atomic E-state index is 12.1. The lowest BCUT2D eigenvalue weighted by Crippen LogP contribution is -2.40. The minimum absolute atomic E-state index is 0.128. The van der Waals surface area contributed by atoms with Crippen LogP contribution in [0.2, 0.25) is 0 Å². The summed E-state index contributed by atoms with van der Waals surface area (Å²) in [6.07, 6.45) is 6.35. The van der Waals surface area contributed by atoms with Gasteiger partial charge in [0, 0.05) is 23.4 Å². The number of aromatic nitrogens is 2. The van der Waals surface area contributed by atoms with Gasteiger partial charge in [-0.3, -0.25) is 20.4 Å². The Morgan fingerprint density at radius 1 is 1.04 bits per heavy atom. The molecule has 3 aromatic rings. The molecule has 0 unspecified atom stereocenters. The van der Waals surface area contributed by atoms with E-state index >= 15 is 0 Å². The summed E-state index contributed by atoms with van der Waals surface area (Å²) in [5.41, 5.74) is 6.70. The van der Waals surface area contributed by atoms with Gasteiger partial charge in [0.05, 0.1) is 11.9 Å². The number of rotatable bonds is 4. The second-order valence-electron chi connectivity index (χ2n) is 5.90. The van der Waals surface area contributed by atoms with E-state index in [1.807, 2.05) is 30.3 Å². The third-order valence-corrected chi connectivity index (χ3v) is 3.98. The molecule has 2 heterocycles. The average Bonchev–Trinajstić information content (AvgIpc) is 3.40. The van der Waals surface area contributed by atoms with Crippen LogP contribution in [0, 0.1) is 0 Å². The van der Waals surface area contributed by atoms with Crippen molar-refractivity contribution in [2.24, 2.45) is 0 Å². The second kappa shape index (κ2) is 7.67. The number of para-hydroxylation sites is 1. The topological polar surface area (TPSA) is 94.5 Å². The average molecular weight is 376 g/mol. The van der Waals surface area contributed by atoms with Crippen LogP contribution in [0.4, 0.5) is 0 Å². The van der Waals surface area contributed by atoms with Gasteiger partial charge < -0.3 is 9.47 Å². The smallest absolute Gasteiger partial charge is 0.269 e. The number of hydrazine groups is 1. The molecule has 0 spiro atoms. The summed E-state index contributed by atoms with van der Waals surface area (Å²) < 4.78 is 12.1. The Bertz CT molecular complexity index is 1040. The van der Waals surface area contributed by atoms with Crippen molar-refractivity contribution in [1.29, 1.82) is 0 Å². The van der Waals surface area contributed by atoms with Gasteiger partial charge in [-0.25, -0.2) is 4.68 Å². The molecule has 2 amide bonds. The first-order valence-corrected chi connectivity index (χ1v) is 8.47. The quantitative estimate of drug-likeness (QED) is 0.537. The first kappa shape index (κ1) is 17.3. The van der Waals surface area contributed by atoms with Crippen LogP contribution in [-0.2, 0) is 4.79 Å². The third-order valence-electron chi connectivity index (χ3n) is 3.98. The molecule has 8 nitrogen and oxygen atoms in total. The lowest BCUT2D eigenvalue weighted by Gasteiger charge is -2.06. The highest BCUT2D eigenvalue weighted by molar-refractivity contribution is 5.98. The summed E-state index contributed by atoms with van der Waals surface area (Å²) in [4.78, 5) is 24.1. The fraction of sp³-hybridized carbons (Fsp3) is 0.0500. The molecule has 0 fully saturated rings. The van der Waals surface area contributed by atoms with Gasteiger partial charge in [-0.1, -0.05) is 18.2 Å². The van der Waals surface area contributed by atoms with Gasteiger partial charge in [0.2, 0.25) is 6.79 Å². The van der Waals surface area contributed by atoms with E-state index in [9.17, 15) is 9.59 Å². The van der Waals surface area contributed by atoms with E-state index in [0.29, 0.717) is 17.1 Å². The molecule has 28 heavy (non-hydrogen) atoms. The van der Waals surface area contributed by atoms with Gasteiger partial charge in [0.25, 0.3) is 11.8 Å².